The van der Waals surface area contributed by atoms with Gasteiger partial charge in [0.2, 0.25) is 0 Å². The molecule has 1 unspecified atom stereocenters. The fourth-order valence-electron chi connectivity index (χ4n) is 0.333. The van der Waals surface area contributed by atoms with Crippen LogP contribution in [0.3, 0.4) is 0 Å². The van der Waals surface area contributed by atoms with Gasteiger partial charge < -0.3 is 0 Å². The molecule has 0 saturated carbocycles. The number of hydrogen-bond acceptors (Lipinski definition) is 0. The molecule has 0 aliphatic heterocycles. The largest absolute Gasteiger partial charge is 0.266 e. The first-order valence-corrected chi connectivity index (χ1v) is 2.69. The number of hydrogen-bond donors (Lipinski definition) is 0. The molecule has 0 spiro atoms. The zero-order valence-electron chi connectivity index (χ0n) is 5.12. The van der Waals surface area contributed by atoms with E-state index < -0.39 is 6.08 Å². The quantitative estimate of drug-likeness (QED) is 0.525. The fraction of sp³-hybridized carbons (Fsp3) is 0.667. The van der Waals surface area contributed by atoms with Crippen molar-refractivity contribution in [1.82, 2.24) is 0 Å². The highest BCUT2D eigenvalue weighted by molar-refractivity contribution is 4.84. The molecule has 0 radical (unpaired) electrons. The second-order valence-corrected chi connectivity index (χ2v) is 1.84. The first-order chi connectivity index (χ1) is 3.66. The second kappa shape index (κ2) is 3.58. The third kappa shape index (κ3) is 3.78. The van der Waals surface area contributed by atoms with Crippen LogP contribution in [0.25, 0.3) is 0 Å². The molecule has 1 atom stereocenters. The number of rotatable bonds is 2. The Labute approximate surface area is 48.2 Å². The van der Waals surface area contributed by atoms with Crippen LogP contribution < -0.4 is 0 Å². The van der Waals surface area contributed by atoms with E-state index in [4.69, 9.17) is 0 Å². The summed E-state index contributed by atoms with van der Waals surface area (Å²) in [4.78, 5) is 0. The van der Waals surface area contributed by atoms with Gasteiger partial charge in [0.05, 0.1) is 0 Å². The van der Waals surface area contributed by atoms with Gasteiger partial charge in [0.25, 0.3) is 6.08 Å². The van der Waals surface area contributed by atoms with Crippen LogP contribution in [0.1, 0.15) is 20.3 Å². The van der Waals surface area contributed by atoms with Crippen molar-refractivity contribution in [2.45, 2.75) is 20.3 Å². The Bertz CT molecular complexity index is 82.5. The topological polar surface area (TPSA) is 0 Å². The van der Waals surface area contributed by atoms with E-state index in [1.807, 2.05) is 6.92 Å². The van der Waals surface area contributed by atoms with Gasteiger partial charge in [-0.15, -0.1) is 0 Å². The van der Waals surface area contributed by atoms with Crippen molar-refractivity contribution in [2.24, 2.45) is 5.92 Å². The molecular formula is C6H10F2. The third-order valence-corrected chi connectivity index (χ3v) is 1.05. The average molecular weight is 120 g/mol. The van der Waals surface area contributed by atoms with Gasteiger partial charge in [-0.2, -0.15) is 8.78 Å². The predicted octanol–water partition coefficient (Wildman–Crippen LogP) is 2.81. The van der Waals surface area contributed by atoms with Gasteiger partial charge in [-0.05, 0) is 18.4 Å². The lowest BCUT2D eigenvalue weighted by molar-refractivity contribution is 0.409. The fourth-order valence-corrected chi connectivity index (χ4v) is 0.333. The Morgan fingerprint density at radius 2 is 2.12 bits per heavy atom. The van der Waals surface area contributed by atoms with Gasteiger partial charge in [-0.3, -0.25) is 0 Å². The molecule has 8 heavy (non-hydrogen) atoms. The van der Waals surface area contributed by atoms with Crippen LogP contribution >= 0.6 is 0 Å². The molecule has 0 N–H and O–H groups in total. The SMILES string of the molecule is CCC(C)C=C(F)F. The summed E-state index contributed by atoms with van der Waals surface area (Å²) in [6, 6.07) is 0. The molecule has 0 aromatic heterocycles. The first-order valence-electron chi connectivity index (χ1n) is 2.69. The van der Waals surface area contributed by atoms with Gasteiger partial charge in [0, 0.05) is 0 Å². The Hall–Kier alpha value is -0.400. The minimum atomic E-state index is -1.57. The monoisotopic (exact) mass is 120 g/mol. The van der Waals surface area contributed by atoms with Crippen molar-refractivity contribution in [1.29, 1.82) is 0 Å². The summed E-state index contributed by atoms with van der Waals surface area (Å²) >= 11 is 0. The first kappa shape index (κ1) is 7.60. The Balaban J connectivity index is 3.51. The standard InChI is InChI=1S/C6H10F2/c1-3-5(2)4-6(7)8/h4-5H,3H2,1-2H3. The Kier molecular flexibility index (Phi) is 3.40. The molecular weight excluding hydrogens is 110 g/mol. The summed E-state index contributed by atoms with van der Waals surface area (Å²) in [7, 11) is 0. The molecule has 0 nitrogen and oxygen atoms in total. The zero-order valence-corrected chi connectivity index (χ0v) is 5.12. The maximum Gasteiger partial charge on any atom is 0.266 e. The highest BCUT2D eigenvalue weighted by atomic mass is 19.3. The van der Waals surface area contributed by atoms with Crippen LogP contribution in [0.5, 0.6) is 0 Å². The van der Waals surface area contributed by atoms with E-state index in [9.17, 15) is 8.78 Å². The minimum absolute atomic E-state index is 0.0139. The second-order valence-electron chi connectivity index (χ2n) is 1.84. The molecule has 0 fully saturated rings. The van der Waals surface area contributed by atoms with Crippen LogP contribution in [-0.2, 0) is 0 Å². The van der Waals surface area contributed by atoms with Gasteiger partial charge >= 0.3 is 0 Å². The van der Waals surface area contributed by atoms with E-state index in [2.05, 4.69) is 0 Å². The maximum atomic E-state index is 11.3. The van der Waals surface area contributed by atoms with Crippen LogP contribution in [0.2, 0.25) is 0 Å². The summed E-state index contributed by atoms with van der Waals surface area (Å²) in [6.45, 7) is 3.64. The molecule has 2 heteroatoms. The van der Waals surface area contributed by atoms with E-state index in [-0.39, 0.29) is 5.92 Å². The lowest BCUT2D eigenvalue weighted by atomic mass is 10.1. The molecule has 0 heterocycles. The summed E-state index contributed by atoms with van der Waals surface area (Å²) in [5, 5.41) is 0. The summed E-state index contributed by atoms with van der Waals surface area (Å²) in [5.41, 5.74) is 0. The van der Waals surface area contributed by atoms with E-state index in [0.717, 1.165) is 12.5 Å². The molecule has 0 aliphatic rings. The van der Waals surface area contributed by atoms with Gasteiger partial charge in [-0.25, -0.2) is 0 Å². The summed E-state index contributed by atoms with van der Waals surface area (Å²) in [6.07, 6.45) is 0.177. The molecule has 0 aromatic carbocycles. The minimum Gasteiger partial charge on any atom is -0.174 e. The molecule has 0 bridgehead atoms. The van der Waals surface area contributed by atoms with Crippen molar-refractivity contribution < 1.29 is 8.78 Å². The Morgan fingerprint density at radius 1 is 1.62 bits per heavy atom. The lowest BCUT2D eigenvalue weighted by Gasteiger charge is -1.95. The highest BCUT2D eigenvalue weighted by Gasteiger charge is 1.94. The van der Waals surface area contributed by atoms with E-state index in [0.29, 0.717) is 0 Å². The van der Waals surface area contributed by atoms with Gasteiger partial charge in [0.15, 0.2) is 0 Å². The van der Waals surface area contributed by atoms with Crippen molar-refractivity contribution in [2.75, 3.05) is 0 Å². The Morgan fingerprint density at radius 3 is 2.25 bits per heavy atom. The zero-order chi connectivity index (χ0) is 6.57. The van der Waals surface area contributed by atoms with Crippen LogP contribution in [-0.4, -0.2) is 0 Å². The lowest BCUT2D eigenvalue weighted by Crippen LogP contribution is -1.83. The van der Waals surface area contributed by atoms with Crippen LogP contribution in [0.4, 0.5) is 8.78 Å². The number of halogens is 2. The van der Waals surface area contributed by atoms with Crippen LogP contribution in [0.15, 0.2) is 12.2 Å². The molecule has 0 aromatic rings. The summed E-state index contributed by atoms with van der Waals surface area (Å²) in [5.74, 6) is 0.0139. The van der Waals surface area contributed by atoms with Crippen LogP contribution in [0, 0.1) is 5.92 Å². The van der Waals surface area contributed by atoms with Gasteiger partial charge in [-0.1, -0.05) is 13.8 Å². The highest BCUT2D eigenvalue weighted by Crippen LogP contribution is 2.07. The molecule has 0 amide bonds. The smallest absolute Gasteiger partial charge is 0.174 e. The molecule has 0 aliphatic carbocycles. The molecule has 48 valence electrons. The third-order valence-electron chi connectivity index (χ3n) is 1.05. The van der Waals surface area contributed by atoms with Crippen molar-refractivity contribution in [3.8, 4) is 0 Å². The average Bonchev–Trinajstić information content (AvgIpc) is 1.65. The molecule has 0 saturated heterocycles. The van der Waals surface area contributed by atoms with Crippen molar-refractivity contribution in [3.05, 3.63) is 12.2 Å². The predicted molar refractivity (Wildman–Crippen MR) is 29.8 cm³/mol. The van der Waals surface area contributed by atoms with Crippen molar-refractivity contribution in [3.63, 3.8) is 0 Å². The summed E-state index contributed by atoms with van der Waals surface area (Å²) < 4.78 is 22.7. The van der Waals surface area contributed by atoms with Crippen molar-refractivity contribution >= 4 is 0 Å². The maximum absolute atomic E-state index is 11.3. The molecule has 0 rings (SSSR count). The van der Waals surface area contributed by atoms with E-state index in [1.54, 1.807) is 6.92 Å². The number of allylic oxidation sites excluding steroid dienone is 1. The van der Waals surface area contributed by atoms with E-state index >= 15 is 0 Å². The van der Waals surface area contributed by atoms with E-state index in [1.165, 1.54) is 0 Å². The van der Waals surface area contributed by atoms with Gasteiger partial charge in [0.1, 0.15) is 0 Å². The normalized spacial score (nSPS) is 13.0.